The van der Waals surface area contributed by atoms with Crippen molar-refractivity contribution in [2.24, 2.45) is 16.3 Å². The Morgan fingerprint density at radius 1 is 1.20 bits per heavy atom. The summed E-state index contributed by atoms with van der Waals surface area (Å²) in [4.78, 5) is 30.3. The molecule has 0 radical (unpaired) electrons. The number of hydrogen-bond acceptors (Lipinski definition) is 4. The molecular weight excluding hydrogens is 435 g/mol. The number of amides is 1. The average Bonchev–Trinajstić information content (AvgIpc) is 2.56. The average molecular weight is 468 g/mol. The highest BCUT2D eigenvalue weighted by molar-refractivity contribution is 14.0. The fourth-order valence-corrected chi connectivity index (χ4v) is 2.70. The van der Waals surface area contributed by atoms with E-state index < -0.39 is 5.41 Å². The summed E-state index contributed by atoms with van der Waals surface area (Å²) >= 11 is 0. The molecule has 146 valence electrons. The molecule has 0 bridgehead atoms. The molecule has 0 aromatic carbocycles. The summed E-state index contributed by atoms with van der Waals surface area (Å²) in [7, 11) is 1.74. The lowest BCUT2D eigenvalue weighted by Crippen LogP contribution is -2.51. The summed E-state index contributed by atoms with van der Waals surface area (Å²) < 4.78 is 5.10. The maximum atomic E-state index is 12.1. The third kappa shape index (κ3) is 7.37. The summed E-state index contributed by atoms with van der Waals surface area (Å²) in [6.07, 6.45) is 1.53. The smallest absolute Gasteiger partial charge is 0.309 e. The van der Waals surface area contributed by atoms with Crippen LogP contribution in [0.5, 0.6) is 0 Å². The van der Waals surface area contributed by atoms with Gasteiger partial charge in [-0.3, -0.25) is 14.6 Å². The first-order valence-electron chi connectivity index (χ1n) is 8.76. The number of halogens is 1. The Bertz CT molecular complexity index is 461. The first-order chi connectivity index (χ1) is 11.4. The monoisotopic (exact) mass is 468 g/mol. The van der Waals surface area contributed by atoms with E-state index in [0.29, 0.717) is 19.7 Å². The molecule has 1 rings (SSSR count). The van der Waals surface area contributed by atoms with Gasteiger partial charge in [-0.1, -0.05) is 0 Å². The first kappa shape index (κ1) is 23.9. The molecule has 0 unspecified atom stereocenters. The van der Waals surface area contributed by atoms with Gasteiger partial charge in [0.15, 0.2) is 5.96 Å². The van der Waals surface area contributed by atoms with Crippen LogP contribution in [0.15, 0.2) is 4.99 Å². The third-order valence-electron chi connectivity index (χ3n) is 4.27. The van der Waals surface area contributed by atoms with Crippen LogP contribution in [0.4, 0.5) is 0 Å². The summed E-state index contributed by atoms with van der Waals surface area (Å²) in [6.45, 7) is 10.6. The second-order valence-corrected chi connectivity index (χ2v) is 6.66. The quantitative estimate of drug-likeness (QED) is 0.268. The first-order valence-corrected chi connectivity index (χ1v) is 8.76. The molecule has 1 saturated heterocycles. The normalized spacial score (nSPS) is 16.0. The third-order valence-corrected chi connectivity index (χ3v) is 4.27. The van der Waals surface area contributed by atoms with Crippen molar-refractivity contribution in [2.45, 2.75) is 40.5 Å². The number of hydrogen-bond donors (Lipinski definition) is 2. The van der Waals surface area contributed by atoms with Gasteiger partial charge in [-0.2, -0.15) is 0 Å². The number of likely N-dealkylation sites (tertiary alicyclic amines) is 1. The van der Waals surface area contributed by atoms with E-state index in [1.807, 2.05) is 27.7 Å². The van der Waals surface area contributed by atoms with E-state index in [1.165, 1.54) is 0 Å². The number of aliphatic imine (C=N–C) groups is 1. The SMILES string of the molecule is CCNC(=O)C(C)(C)CNC(=NC)N1CCC(C(=O)OCC)CC1.I. The van der Waals surface area contributed by atoms with Crippen LogP contribution in [0.3, 0.4) is 0 Å². The minimum Gasteiger partial charge on any atom is -0.466 e. The number of carbonyl (C=O) groups is 2. The molecule has 1 amide bonds. The van der Waals surface area contributed by atoms with Crippen molar-refractivity contribution in [1.29, 1.82) is 0 Å². The minimum atomic E-state index is -0.519. The van der Waals surface area contributed by atoms with Gasteiger partial charge < -0.3 is 20.3 Å². The van der Waals surface area contributed by atoms with Gasteiger partial charge in [-0.15, -0.1) is 24.0 Å². The number of ether oxygens (including phenoxy) is 1. The zero-order chi connectivity index (χ0) is 18.2. The Morgan fingerprint density at radius 2 is 1.80 bits per heavy atom. The van der Waals surface area contributed by atoms with Gasteiger partial charge in [0.05, 0.1) is 17.9 Å². The van der Waals surface area contributed by atoms with Crippen molar-refractivity contribution in [1.82, 2.24) is 15.5 Å². The molecule has 0 spiro atoms. The standard InChI is InChI=1S/C17H32N4O3.HI/c1-6-19-15(23)17(3,4)12-20-16(18-5)21-10-8-13(9-11-21)14(22)24-7-2;/h13H,6-12H2,1-5H3,(H,18,20)(H,19,23);1H. The number of carbonyl (C=O) groups excluding carboxylic acids is 2. The largest absolute Gasteiger partial charge is 0.466 e. The minimum absolute atomic E-state index is 0. The van der Waals surface area contributed by atoms with Crippen molar-refractivity contribution in [2.75, 3.05) is 39.8 Å². The fraction of sp³-hybridized carbons (Fsp3) is 0.824. The van der Waals surface area contributed by atoms with Crippen molar-refractivity contribution in [3.63, 3.8) is 0 Å². The Balaban J connectivity index is 0.00000576. The molecule has 0 aromatic rings. The van der Waals surface area contributed by atoms with Crippen LogP contribution in [0.25, 0.3) is 0 Å². The van der Waals surface area contributed by atoms with Crippen molar-refractivity contribution >= 4 is 41.8 Å². The predicted molar refractivity (Wildman–Crippen MR) is 110 cm³/mol. The molecule has 2 N–H and O–H groups in total. The molecule has 25 heavy (non-hydrogen) atoms. The van der Waals surface area contributed by atoms with Crippen LogP contribution in [-0.4, -0.2) is 62.6 Å². The van der Waals surface area contributed by atoms with Crippen LogP contribution >= 0.6 is 24.0 Å². The molecule has 0 aromatic heterocycles. The lowest BCUT2D eigenvalue weighted by Gasteiger charge is -2.34. The predicted octanol–water partition coefficient (Wildman–Crippen LogP) is 1.62. The van der Waals surface area contributed by atoms with E-state index in [9.17, 15) is 9.59 Å². The van der Waals surface area contributed by atoms with Crippen molar-refractivity contribution in [3.05, 3.63) is 0 Å². The van der Waals surface area contributed by atoms with Crippen LogP contribution < -0.4 is 10.6 Å². The van der Waals surface area contributed by atoms with Gasteiger partial charge in [0.25, 0.3) is 0 Å². The maximum absolute atomic E-state index is 12.1. The van der Waals surface area contributed by atoms with Gasteiger partial charge in [0.2, 0.25) is 5.91 Å². The van der Waals surface area contributed by atoms with Crippen molar-refractivity contribution in [3.8, 4) is 0 Å². The molecule has 0 atom stereocenters. The number of nitrogens with zero attached hydrogens (tertiary/aromatic N) is 2. The Labute approximate surface area is 168 Å². The van der Waals surface area contributed by atoms with E-state index in [1.54, 1.807) is 7.05 Å². The molecule has 0 saturated carbocycles. The summed E-state index contributed by atoms with van der Waals surface area (Å²) in [5, 5.41) is 6.14. The Morgan fingerprint density at radius 3 is 2.28 bits per heavy atom. The van der Waals surface area contributed by atoms with E-state index in [4.69, 9.17) is 4.74 Å². The molecule has 1 heterocycles. The van der Waals surface area contributed by atoms with E-state index in [-0.39, 0.29) is 41.8 Å². The summed E-state index contributed by atoms with van der Waals surface area (Å²) in [6, 6.07) is 0. The molecule has 1 aliphatic heterocycles. The number of nitrogens with one attached hydrogen (secondary N) is 2. The van der Waals surface area contributed by atoms with E-state index in [2.05, 4.69) is 20.5 Å². The lowest BCUT2D eigenvalue weighted by molar-refractivity contribution is -0.149. The van der Waals surface area contributed by atoms with Gasteiger partial charge in [-0.05, 0) is 40.5 Å². The summed E-state index contributed by atoms with van der Waals surface area (Å²) in [5.41, 5.74) is -0.519. The van der Waals surface area contributed by atoms with Crippen LogP contribution in [-0.2, 0) is 14.3 Å². The van der Waals surface area contributed by atoms with Gasteiger partial charge >= 0.3 is 5.97 Å². The molecular formula is C17H33IN4O3. The zero-order valence-electron chi connectivity index (χ0n) is 16.1. The highest BCUT2D eigenvalue weighted by Gasteiger charge is 2.30. The maximum Gasteiger partial charge on any atom is 0.309 e. The van der Waals surface area contributed by atoms with Gasteiger partial charge in [-0.25, -0.2) is 0 Å². The van der Waals surface area contributed by atoms with Crippen LogP contribution in [0.2, 0.25) is 0 Å². The molecule has 0 aliphatic carbocycles. The highest BCUT2D eigenvalue weighted by atomic mass is 127. The number of esters is 1. The lowest BCUT2D eigenvalue weighted by atomic mass is 9.92. The number of rotatable bonds is 6. The number of guanidine groups is 1. The van der Waals surface area contributed by atoms with Crippen LogP contribution in [0.1, 0.15) is 40.5 Å². The fourth-order valence-electron chi connectivity index (χ4n) is 2.70. The highest BCUT2D eigenvalue weighted by Crippen LogP contribution is 2.19. The Hall–Kier alpha value is -1.06. The Kier molecular flexibility index (Phi) is 11.0. The van der Waals surface area contributed by atoms with E-state index >= 15 is 0 Å². The number of piperidine rings is 1. The van der Waals surface area contributed by atoms with Gasteiger partial charge in [0, 0.05) is 33.2 Å². The molecule has 1 fully saturated rings. The second kappa shape index (κ2) is 11.5. The zero-order valence-corrected chi connectivity index (χ0v) is 18.4. The topological polar surface area (TPSA) is 83.0 Å². The van der Waals surface area contributed by atoms with Crippen molar-refractivity contribution < 1.29 is 14.3 Å². The molecule has 1 aliphatic rings. The second-order valence-electron chi connectivity index (χ2n) is 6.66. The molecule has 7 nitrogen and oxygen atoms in total. The van der Waals surface area contributed by atoms with Gasteiger partial charge in [0.1, 0.15) is 0 Å². The summed E-state index contributed by atoms with van der Waals surface area (Å²) in [5.74, 6) is 0.673. The molecule has 8 heteroatoms. The van der Waals surface area contributed by atoms with Crippen LogP contribution in [0, 0.1) is 11.3 Å². The van der Waals surface area contributed by atoms with E-state index in [0.717, 1.165) is 31.9 Å².